The lowest BCUT2D eigenvalue weighted by Gasteiger charge is -2.24. The predicted octanol–water partition coefficient (Wildman–Crippen LogP) is 0.450. The first-order chi connectivity index (χ1) is 4.88. The minimum Gasteiger partial charge on any atom is -0.276 e. The highest BCUT2D eigenvalue weighted by Gasteiger charge is 2.33. The largest absolute Gasteiger partial charge is 0.276 e. The fraction of sp³-hybridized carbons (Fsp3) is 1.00. The smallest absolute Gasteiger partial charge is 0.237 e. The Morgan fingerprint density at radius 3 is 3.20 bits per heavy atom. The Kier molecular flexibility index (Phi) is 1.76. The highest BCUT2D eigenvalue weighted by molar-refractivity contribution is 7.78. The van der Waals surface area contributed by atoms with Gasteiger partial charge in [0, 0.05) is 12.6 Å². The number of hydrogen-bond acceptors (Lipinski definition) is 2. The van der Waals surface area contributed by atoms with Crippen molar-refractivity contribution in [3.05, 3.63) is 0 Å². The topological polar surface area (TPSA) is 29.5 Å². The summed E-state index contributed by atoms with van der Waals surface area (Å²) in [5.41, 5.74) is 0. The molecule has 0 aliphatic carbocycles. The van der Waals surface area contributed by atoms with Crippen molar-refractivity contribution in [2.24, 2.45) is 0 Å². The van der Waals surface area contributed by atoms with Crippen LogP contribution in [0.3, 0.4) is 0 Å². The van der Waals surface area contributed by atoms with Crippen molar-refractivity contribution in [3.63, 3.8) is 0 Å². The Morgan fingerprint density at radius 1 is 1.50 bits per heavy atom. The zero-order valence-corrected chi connectivity index (χ0v) is 6.60. The van der Waals surface area contributed by atoms with Crippen molar-refractivity contribution >= 4 is 11.3 Å². The molecule has 2 heterocycles. The highest BCUT2D eigenvalue weighted by Crippen LogP contribution is 2.24. The van der Waals surface area contributed by atoms with E-state index in [9.17, 15) is 4.21 Å². The summed E-state index contributed by atoms with van der Waals surface area (Å²) in [6.45, 7) is 1.63. The molecule has 0 bridgehead atoms. The van der Waals surface area contributed by atoms with Crippen molar-refractivity contribution in [2.45, 2.75) is 25.3 Å². The minimum atomic E-state index is -1.11. The monoisotopic (exact) mass is 161 g/mol. The summed E-state index contributed by atoms with van der Waals surface area (Å²) < 4.78 is 18.0. The van der Waals surface area contributed by atoms with Crippen molar-refractivity contribution in [1.82, 2.24) is 4.31 Å². The summed E-state index contributed by atoms with van der Waals surface area (Å²) in [7, 11) is 0. The second-order valence-electron chi connectivity index (χ2n) is 2.79. The molecule has 0 aromatic rings. The van der Waals surface area contributed by atoms with Gasteiger partial charge in [0.25, 0.3) is 0 Å². The Hall–Kier alpha value is 0.0700. The molecular weight excluding hydrogens is 150 g/mol. The molecule has 2 saturated heterocycles. The summed E-state index contributed by atoms with van der Waals surface area (Å²) >= 11 is -1.11. The molecule has 10 heavy (non-hydrogen) atoms. The van der Waals surface area contributed by atoms with E-state index >= 15 is 0 Å². The van der Waals surface area contributed by atoms with E-state index in [2.05, 4.69) is 0 Å². The lowest BCUT2D eigenvalue weighted by atomic mass is 10.1. The minimum absolute atomic E-state index is 0.453. The second-order valence-corrected chi connectivity index (χ2v) is 3.93. The average Bonchev–Trinajstić information content (AvgIpc) is 2.34. The van der Waals surface area contributed by atoms with E-state index in [1.54, 1.807) is 0 Å². The highest BCUT2D eigenvalue weighted by atomic mass is 32.2. The van der Waals surface area contributed by atoms with Crippen LogP contribution in [0.1, 0.15) is 19.3 Å². The lowest BCUT2D eigenvalue weighted by Crippen LogP contribution is -2.35. The molecule has 0 aromatic carbocycles. The molecule has 3 nitrogen and oxygen atoms in total. The molecule has 0 saturated carbocycles. The average molecular weight is 161 g/mol. The van der Waals surface area contributed by atoms with E-state index < -0.39 is 11.3 Å². The Balaban J connectivity index is 2.08. The van der Waals surface area contributed by atoms with Gasteiger partial charge in [0.05, 0.1) is 6.61 Å². The van der Waals surface area contributed by atoms with Gasteiger partial charge >= 0.3 is 0 Å². The third-order valence-electron chi connectivity index (χ3n) is 2.13. The van der Waals surface area contributed by atoms with E-state index in [1.165, 1.54) is 12.8 Å². The molecule has 2 rings (SSSR count). The van der Waals surface area contributed by atoms with E-state index in [4.69, 9.17) is 4.18 Å². The summed E-state index contributed by atoms with van der Waals surface area (Å²) in [4.78, 5) is 0. The molecule has 2 fully saturated rings. The number of fused-ring (bicyclic) bond motifs is 1. The van der Waals surface area contributed by atoms with E-state index in [0.717, 1.165) is 13.0 Å². The number of nitrogens with zero attached hydrogens (tertiary/aromatic N) is 1. The van der Waals surface area contributed by atoms with Gasteiger partial charge < -0.3 is 0 Å². The number of rotatable bonds is 0. The summed E-state index contributed by atoms with van der Waals surface area (Å²) in [5.74, 6) is 0. The van der Waals surface area contributed by atoms with Crippen LogP contribution in [-0.2, 0) is 15.4 Å². The maximum Gasteiger partial charge on any atom is 0.237 e. The van der Waals surface area contributed by atoms with Crippen molar-refractivity contribution in [2.75, 3.05) is 13.2 Å². The first-order valence-corrected chi connectivity index (χ1v) is 4.73. The molecule has 2 atom stereocenters. The van der Waals surface area contributed by atoms with Gasteiger partial charge in [0.2, 0.25) is 11.3 Å². The van der Waals surface area contributed by atoms with Gasteiger partial charge in [-0.15, -0.1) is 0 Å². The molecule has 2 aliphatic heterocycles. The second kappa shape index (κ2) is 2.60. The standard InChI is InChI=1S/C6H11NO2S/c8-10-7-4-2-1-3-6(7)5-9-10/h6H,1-5H2/t6-,10?/m0/s1. The van der Waals surface area contributed by atoms with Gasteiger partial charge in [0.15, 0.2) is 0 Å². The zero-order chi connectivity index (χ0) is 6.97. The normalized spacial score (nSPS) is 41.6. The third-order valence-corrected chi connectivity index (χ3v) is 3.33. The lowest BCUT2D eigenvalue weighted by molar-refractivity contribution is 0.257. The van der Waals surface area contributed by atoms with Crippen LogP contribution >= 0.6 is 0 Å². The summed E-state index contributed by atoms with van der Waals surface area (Å²) in [6, 6.07) is 0.453. The Labute approximate surface area is 63.1 Å². The molecule has 58 valence electrons. The third kappa shape index (κ3) is 1.00. The quantitative estimate of drug-likeness (QED) is 0.516. The van der Waals surface area contributed by atoms with Crippen molar-refractivity contribution < 1.29 is 8.39 Å². The van der Waals surface area contributed by atoms with Crippen LogP contribution in [0, 0.1) is 0 Å². The van der Waals surface area contributed by atoms with Crippen molar-refractivity contribution in [1.29, 1.82) is 0 Å². The molecular formula is C6H11NO2S. The molecule has 0 aromatic heterocycles. The van der Waals surface area contributed by atoms with Crippen LogP contribution in [0.5, 0.6) is 0 Å². The summed E-state index contributed by atoms with van der Waals surface area (Å²) in [5, 5.41) is 0. The van der Waals surface area contributed by atoms with Gasteiger partial charge in [-0.25, -0.2) is 4.21 Å². The molecule has 0 N–H and O–H groups in total. The SMILES string of the molecule is O=S1OC[C@@H]2CCCCN21. The molecule has 0 spiro atoms. The predicted molar refractivity (Wildman–Crippen MR) is 38.4 cm³/mol. The Morgan fingerprint density at radius 2 is 2.40 bits per heavy atom. The van der Waals surface area contributed by atoms with Crippen LogP contribution in [0.4, 0.5) is 0 Å². The number of hydrogen-bond donors (Lipinski definition) is 0. The van der Waals surface area contributed by atoms with E-state index in [1.807, 2.05) is 4.31 Å². The van der Waals surface area contributed by atoms with E-state index in [0.29, 0.717) is 12.6 Å². The molecule has 0 radical (unpaired) electrons. The van der Waals surface area contributed by atoms with Gasteiger partial charge in [0.1, 0.15) is 0 Å². The zero-order valence-electron chi connectivity index (χ0n) is 5.78. The summed E-state index contributed by atoms with van der Waals surface area (Å²) in [6.07, 6.45) is 3.60. The molecule has 2 aliphatic rings. The van der Waals surface area contributed by atoms with Crippen LogP contribution < -0.4 is 0 Å². The van der Waals surface area contributed by atoms with Gasteiger partial charge in [-0.1, -0.05) is 6.42 Å². The first-order valence-electron chi connectivity index (χ1n) is 3.70. The van der Waals surface area contributed by atoms with Gasteiger partial charge in [-0.05, 0) is 12.8 Å². The first kappa shape index (κ1) is 6.76. The maximum atomic E-state index is 11.0. The van der Waals surface area contributed by atoms with Crippen LogP contribution in [0.2, 0.25) is 0 Å². The van der Waals surface area contributed by atoms with Gasteiger partial charge in [-0.3, -0.25) is 4.18 Å². The van der Waals surface area contributed by atoms with E-state index in [-0.39, 0.29) is 0 Å². The molecule has 4 heteroatoms. The van der Waals surface area contributed by atoms with Crippen LogP contribution in [0.15, 0.2) is 0 Å². The molecule has 1 unspecified atom stereocenters. The van der Waals surface area contributed by atoms with Crippen LogP contribution in [-0.4, -0.2) is 27.7 Å². The fourth-order valence-corrected chi connectivity index (χ4v) is 2.64. The van der Waals surface area contributed by atoms with Crippen molar-refractivity contribution in [3.8, 4) is 0 Å². The Bertz CT molecular complexity index is 162. The fourth-order valence-electron chi connectivity index (χ4n) is 1.54. The maximum absolute atomic E-state index is 11.0. The van der Waals surface area contributed by atoms with Gasteiger partial charge in [-0.2, -0.15) is 4.31 Å². The van der Waals surface area contributed by atoms with Crippen LogP contribution in [0.25, 0.3) is 0 Å². The number of piperidine rings is 1. The molecule has 0 amide bonds.